The molecule has 8 nitrogen and oxygen atoms in total. The summed E-state index contributed by atoms with van der Waals surface area (Å²) >= 11 is 0. The molecule has 9 heteroatoms. The molecular weight excluding hydrogens is 428 g/mol. The van der Waals surface area contributed by atoms with E-state index in [0.717, 1.165) is 22.0 Å². The predicted molar refractivity (Wildman–Crippen MR) is 124 cm³/mol. The number of piperidine rings is 1. The van der Waals surface area contributed by atoms with Gasteiger partial charge in [-0.3, -0.25) is 9.36 Å². The number of likely N-dealkylation sites (tertiary alicyclic amines) is 1. The zero-order valence-corrected chi connectivity index (χ0v) is 18.4. The van der Waals surface area contributed by atoms with Gasteiger partial charge < -0.3 is 9.88 Å². The van der Waals surface area contributed by atoms with Gasteiger partial charge in [0.25, 0.3) is 0 Å². The van der Waals surface area contributed by atoms with Crippen molar-refractivity contribution in [2.24, 2.45) is 0 Å². The summed E-state index contributed by atoms with van der Waals surface area (Å²) in [5, 5.41) is 1.11. The summed E-state index contributed by atoms with van der Waals surface area (Å²) in [4.78, 5) is 29.5. The van der Waals surface area contributed by atoms with Crippen molar-refractivity contribution in [3.05, 3.63) is 76.1 Å². The molecule has 0 saturated carbocycles. The van der Waals surface area contributed by atoms with Crippen LogP contribution in [0.4, 0.5) is 0 Å². The van der Waals surface area contributed by atoms with Gasteiger partial charge in [0.05, 0.1) is 11.0 Å². The first-order valence-electron chi connectivity index (χ1n) is 10.6. The van der Waals surface area contributed by atoms with Gasteiger partial charge in [0.15, 0.2) is 0 Å². The number of benzene rings is 2. The smallest absolute Gasteiger partial charge is 0.326 e. The third kappa shape index (κ3) is 5.17. The molecule has 3 aromatic rings. The van der Waals surface area contributed by atoms with Gasteiger partial charge in [0, 0.05) is 37.5 Å². The highest BCUT2D eigenvalue weighted by molar-refractivity contribution is 7.92. The van der Waals surface area contributed by atoms with E-state index in [1.807, 2.05) is 54.6 Å². The number of amides is 1. The van der Waals surface area contributed by atoms with Gasteiger partial charge in [-0.15, -0.1) is 0 Å². The molecule has 1 amide bonds. The highest BCUT2D eigenvalue weighted by Crippen LogP contribution is 2.25. The number of hydrogen-bond donors (Lipinski definition) is 2. The van der Waals surface area contributed by atoms with Gasteiger partial charge >= 0.3 is 5.69 Å². The van der Waals surface area contributed by atoms with Crippen molar-refractivity contribution in [3.8, 4) is 0 Å². The highest BCUT2D eigenvalue weighted by atomic mass is 32.2. The van der Waals surface area contributed by atoms with Crippen molar-refractivity contribution in [1.29, 1.82) is 0 Å². The Bertz CT molecular complexity index is 1270. The lowest BCUT2D eigenvalue weighted by Crippen LogP contribution is -2.41. The molecule has 0 bridgehead atoms. The molecule has 0 aliphatic carbocycles. The minimum Gasteiger partial charge on any atom is -0.343 e. The molecule has 2 N–H and O–H groups in total. The van der Waals surface area contributed by atoms with E-state index >= 15 is 0 Å². The molecule has 32 heavy (non-hydrogen) atoms. The first-order chi connectivity index (χ1) is 15.4. The molecule has 1 aliphatic rings. The van der Waals surface area contributed by atoms with Crippen molar-refractivity contribution in [2.75, 3.05) is 19.6 Å². The number of H-pyrrole nitrogens is 1. The Morgan fingerprint density at radius 3 is 2.50 bits per heavy atom. The maximum absolute atomic E-state index is 12.5. The summed E-state index contributed by atoms with van der Waals surface area (Å²) in [5.41, 5.74) is 2.34. The number of carbonyl (C=O) groups excluding carboxylic acids is 1. The number of hydrogen-bond acceptors (Lipinski definition) is 4. The Morgan fingerprint density at radius 2 is 1.75 bits per heavy atom. The van der Waals surface area contributed by atoms with E-state index in [4.69, 9.17) is 0 Å². The molecule has 0 unspecified atom stereocenters. The molecule has 1 saturated heterocycles. The Labute approximate surface area is 186 Å². The lowest BCUT2D eigenvalue weighted by atomic mass is 10.0. The highest BCUT2D eigenvalue weighted by Gasteiger charge is 2.26. The Balaban J connectivity index is 1.27. The Kier molecular flexibility index (Phi) is 6.57. The standard InChI is InChI=1S/C23H26N4O4S/c28-22(10-14-24-32(30,31)17-13-18-6-2-1-3-7-18)26-15-11-19(12-16-26)27-21-9-5-4-8-20(21)25-23(27)29/h1-9,13,17,19,24H,10-12,14-16H2,(H,25,29)/b17-13+. The average Bonchev–Trinajstić information content (AvgIpc) is 3.14. The zero-order valence-electron chi connectivity index (χ0n) is 17.6. The fraction of sp³-hybridized carbons (Fsp3) is 0.304. The van der Waals surface area contributed by atoms with Crippen LogP contribution in [0.25, 0.3) is 17.1 Å². The summed E-state index contributed by atoms with van der Waals surface area (Å²) in [6, 6.07) is 16.8. The van der Waals surface area contributed by atoms with Gasteiger partial charge in [-0.1, -0.05) is 42.5 Å². The van der Waals surface area contributed by atoms with E-state index in [0.29, 0.717) is 25.9 Å². The molecule has 2 heterocycles. The number of imidazole rings is 1. The summed E-state index contributed by atoms with van der Waals surface area (Å²) in [5.74, 6) is -0.0931. The summed E-state index contributed by atoms with van der Waals surface area (Å²) < 4.78 is 28.5. The lowest BCUT2D eigenvalue weighted by Gasteiger charge is -2.32. The second kappa shape index (κ2) is 9.54. The second-order valence-corrected chi connectivity index (χ2v) is 9.48. The second-order valence-electron chi connectivity index (χ2n) is 7.83. The van der Waals surface area contributed by atoms with Gasteiger partial charge in [-0.2, -0.15) is 0 Å². The maximum atomic E-state index is 12.5. The zero-order chi connectivity index (χ0) is 22.6. The van der Waals surface area contributed by atoms with Crippen molar-refractivity contribution in [1.82, 2.24) is 19.2 Å². The van der Waals surface area contributed by atoms with E-state index in [1.54, 1.807) is 9.47 Å². The third-order valence-corrected chi connectivity index (χ3v) is 6.79. The molecule has 168 valence electrons. The van der Waals surface area contributed by atoms with Crippen LogP contribution in [-0.2, 0) is 14.8 Å². The van der Waals surface area contributed by atoms with Crippen LogP contribution >= 0.6 is 0 Å². The van der Waals surface area contributed by atoms with Gasteiger partial charge in [-0.05, 0) is 36.6 Å². The first kappa shape index (κ1) is 22.0. The normalized spacial score (nSPS) is 15.6. The monoisotopic (exact) mass is 454 g/mol. The number of aromatic nitrogens is 2. The van der Waals surface area contributed by atoms with Gasteiger partial charge in [0.2, 0.25) is 15.9 Å². The topological polar surface area (TPSA) is 104 Å². The minimum atomic E-state index is -3.61. The third-order valence-electron chi connectivity index (χ3n) is 5.69. The number of rotatable bonds is 7. The van der Waals surface area contributed by atoms with E-state index in [1.165, 1.54) is 6.08 Å². The van der Waals surface area contributed by atoms with Gasteiger partial charge in [0.1, 0.15) is 0 Å². The molecule has 4 rings (SSSR count). The molecule has 1 aromatic heterocycles. The van der Waals surface area contributed by atoms with E-state index in [-0.39, 0.29) is 30.6 Å². The van der Waals surface area contributed by atoms with Crippen molar-refractivity contribution >= 4 is 33.0 Å². The van der Waals surface area contributed by atoms with Crippen LogP contribution in [0.1, 0.15) is 30.9 Å². The van der Waals surface area contributed by atoms with Crippen molar-refractivity contribution in [2.45, 2.75) is 25.3 Å². The molecule has 1 aliphatic heterocycles. The number of fused-ring (bicyclic) bond motifs is 1. The number of nitrogens with zero attached hydrogens (tertiary/aromatic N) is 2. The van der Waals surface area contributed by atoms with E-state index < -0.39 is 10.0 Å². The van der Waals surface area contributed by atoms with Crippen LogP contribution in [0.15, 0.2) is 64.8 Å². The van der Waals surface area contributed by atoms with Crippen LogP contribution < -0.4 is 10.4 Å². The number of carbonyl (C=O) groups is 1. The van der Waals surface area contributed by atoms with Gasteiger partial charge in [-0.25, -0.2) is 17.9 Å². The molecule has 1 fully saturated rings. The Hall–Kier alpha value is -3.17. The lowest BCUT2D eigenvalue weighted by molar-refractivity contribution is -0.132. The number of aromatic amines is 1. The van der Waals surface area contributed by atoms with Crippen molar-refractivity contribution < 1.29 is 13.2 Å². The maximum Gasteiger partial charge on any atom is 0.326 e. The first-order valence-corrected chi connectivity index (χ1v) is 12.2. The molecular formula is C23H26N4O4S. The van der Waals surface area contributed by atoms with Crippen LogP contribution in [0.2, 0.25) is 0 Å². The SMILES string of the molecule is O=C(CCNS(=O)(=O)/C=C/c1ccccc1)N1CCC(n2c(=O)[nH]c3ccccc32)CC1. The molecule has 0 atom stereocenters. The number of sulfonamides is 1. The minimum absolute atomic E-state index is 0.0318. The summed E-state index contributed by atoms with van der Waals surface area (Å²) in [6.07, 6.45) is 2.97. The predicted octanol–water partition coefficient (Wildman–Crippen LogP) is 2.47. The van der Waals surface area contributed by atoms with Crippen LogP contribution in [0.5, 0.6) is 0 Å². The quantitative estimate of drug-likeness (QED) is 0.572. The van der Waals surface area contributed by atoms with E-state index in [2.05, 4.69) is 9.71 Å². The van der Waals surface area contributed by atoms with Crippen molar-refractivity contribution in [3.63, 3.8) is 0 Å². The fourth-order valence-corrected chi connectivity index (χ4v) is 4.87. The van der Waals surface area contributed by atoms with Crippen LogP contribution in [0.3, 0.4) is 0 Å². The largest absolute Gasteiger partial charge is 0.343 e. The average molecular weight is 455 g/mol. The summed E-state index contributed by atoms with van der Waals surface area (Å²) in [6.45, 7) is 1.12. The summed E-state index contributed by atoms with van der Waals surface area (Å²) in [7, 11) is -3.61. The number of para-hydroxylation sites is 2. The molecule has 0 spiro atoms. The fourth-order valence-electron chi connectivity index (χ4n) is 4.05. The van der Waals surface area contributed by atoms with Crippen LogP contribution in [0, 0.1) is 0 Å². The van der Waals surface area contributed by atoms with E-state index in [9.17, 15) is 18.0 Å². The molecule has 0 radical (unpaired) electrons. The Morgan fingerprint density at radius 1 is 1.06 bits per heavy atom. The molecule has 2 aromatic carbocycles. The van der Waals surface area contributed by atoms with Crippen LogP contribution in [-0.4, -0.2) is 48.4 Å². The number of nitrogens with one attached hydrogen (secondary N) is 2.